The molecule has 3 rings (SSSR count). The van der Waals surface area contributed by atoms with E-state index in [-0.39, 0.29) is 5.75 Å². The Morgan fingerprint density at radius 1 is 1.00 bits per heavy atom. The average molecular weight is 318 g/mol. The minimum Gasteiger partial charge on any atom is -0.454 e. The molecule has 0 spiro atoms. The fraction of sp³-hybridized carbons (Fsp3) is 0.118. The van der Waals surface area contributed by atoms with Crippen LogP contribution in [0.4, 0.5) is 13.2 Å². The Balaban J connectivity index is 1.82. The van der Waals surface area contributed by atoms with Gasteiger partial charge in [0.05, 0.1) is 23.6 Å². The molecule has 0 bridgehead atoms. The normalized spacial score (nSPS) is 11.5. The third kappa shape index (κ3) is 3.53. The van der Waals surface area contributed by atoms with E-state index in [9.17, 15) is 13.2 Å². The monoisotopic (exact) mass is 318 g/mol. The predicted molar refractivity (Wildman–Crippen MR) is 79.8 cm³/mol. The largest absolute Gasteiger partial charge is 0.454 e. The lowest BCUT2D eigenvalue weighted by Gasteiger charge is -2.08. The Kier molecular flexibility index (Phi) is 3.82. The highest BCUT2D eigenvalue weighted by atomic mass is 19.4. The Bertz CT molecular complexity index is 824. The van der Waals surface area contributed by atoms with Gasteiger partial charge in [0.15, 0.2) is 5.75 Å². The standard InChI is InChI=1S/C17H13F3N2O/c1-12-4-2-6-14(8-12)22-11-16(10-21-22)23-15-7-3-5-13(9-15)17(18,19)20/h2-11H,1H3. The van der Waals surface area contributed by atoms with Crippen molar-refractivity contribution in [1.82, 2.24) is 9.78 Å². The van der Waals surface area contributed by atoms with Crippen LogP contribution in [0.3, 0.4) is 0 Å². The number of benzene rings is 2. The van der Waals surface area contributed by atoms with Crippen molar-refractivity contribution in [3.05, 3.63) is 72.1 Å². The van der Waals surface area contributed by atoms with Crippen LogP contribution in [0, 0.1) is 6.92 Å². The Labute approximate surface area is 130 Å². The number of hydrogen-bond acceptors (Lipinski definition) is 2. The summed E-state index contributed by atoms with van der Waals surface area (Å²) in [5.41, 5.74) is 1.18. The van der Waals surface area contributed by atoms with Gasteiger partial charge in [-0.1, -0.05) is 18.2 Å². The number of aryl methyl sites for hydroxylation is 1. The fourth-order valence-electron chi connectivity index (χ4n) is 2.14. The molecule has 3 nitrogen and oxygen atoms in total. The van der Waals surface area contributed by atoms with E-state index < -0.39 is 11.7 Å². The van der Waals surface area contributed by atoms with Crippen molar-refractivity contribution in [3.63, 3.8) is 0 Å². The highest BCUT2D eigenvalue weighted by Gasteiger charge is 2.30. The molecule has 1 aromatic heterocycles. The molecular weight excluding hydrogens is 305 g/mol. The maximum absolute atomic E-state index is 12.7. The topological polar surface area (TPSA) is 27.1 Å². The number of aromatic nitrogens is 2. The van der Waals surface area contributed by atoms with Gasteiger partial charge in [-0.2, -0.15) is 18.3 Å². The lowest BCUT2D eigenvalue weighted by Crippen LogP contribution is -2.04. The smallest absolute Gasteiger partial charge is 0.416 e. The van der Waals surface area contributed by atoms with Crippen molar-refractivity contribution in [2.75, 3.05) is 0 Å². The summed E-state index contributed by atoms with van der Waals surface area (Å²) in [5.74, 6) is 0.481. The first-order chi connectivity index (χ1) is 10.9. The molecule has 0 amide bonds. The highest BCUT2D eigenvalue weighted by molar-refractivity contribution is 5.37. The summed E-state index contributed by atoms with van der Waals surface area (Å²) in [4.78, 5) is 0. The first kappa shape index (κ1) is 15.1. The van der Waals surface area contributed by atoms with Gasteiger partial charge < -0.3 is 4.74 Å². The van der Waals surface area contributed by atoms with Crippen LogP contribution in [0.15, 0.2) is 60.9 Å². The maximum atomic E-state index is 12.7. The van der Waals surface area contributed by atoms with Crippen molar-refractivity contribution in [2.24, 2.45) is 0 Å². The van der Waals surface area contributed by atoms with Crippen LogP contribution in [0.1, 0.15) is 11.1 Å². The zero-order valence-corrected chi connectivity index (χ0v) is 12.2. The molecule has 0 N–H and O–H groups in total. The van der Waals surface area contributed by atoms with Crippen LogP contribution in [-0.4, -0.2) is 9.78 Å². The van der Waals surface area contributed by atoms with Crippen molar-refractivity contribution in [3.8, 4) is 17.2 Å². The third-order valence-corrected chi connectivity index (χ3v) is 3.22. The number of hydrogen-bond donors (Lipinski definition) is 0. The second-order valence-electron chi connectivity index (χ2n) is 5.09. The van der Waals surface area contributed by atoms with Gasteiger partial charge in [-0.25, -0.2) is 4.68 Å². The van der Waals surface area contributed by atoms with Crippen molar-refractivity contribution in [2.45, 2.75) is 13.1 Å². The van der Waals surface area contributed by atoms with E-state index in [4.69, 9.17) is 4.74 Å². The van der Waals surface area contributed by atoms with E-state index in [0.717, 1.165) is 23.4 Å². The molecule has 0 fully saturated rings. The average Bonchev–Trinajstić information content (AvgIpc) is 2.95. The molecule has 0 saturated carbocycles. The van der Waals surface area contributed by atoms with Gasteiger partial charge in [-0.15, -0.1) is 0 Å². The molecule has 23 heavy (non-hydrogen) atoms. The minimum atomic E-state index is -4.40. The zero-order valence-electron chi connectivity index (χ0n) is 12.2. The van der Waals surface area contributed by atoms with E-state index >= 15 is 0 Å². The lowest BCUT2D eigenvalue weighted by atomic mass is 10.2. The van der Waals surface area contributed by atoms with Gasteiger partial charge in [0.2, 0.25) is 0 Å². The summed E-state index contributed by atoms with van der Waals surface area (Å²) in [6.07, 6.45) is -1.32. The first-order valence-electron chi connectivity index (χ1n) is 6.89. The first-order valence-corrected chi connectivity index (χ1v) is 6.89. The van der Waals surface area contributed by atoms with E-state index in [0.29, 0.717) is 5.75 Å². The third-order valence-electron chi connectivity index (χ3n) is 3.22. The molecule has 2 aromatic carbocycles. The summed E-state index contributed by atoms with van der Waals surface area (Å²) >= 11 is 0. The van der Waals surface area contributed by atoms with Gasteiger partial charge in [0.25, 0.3) is 0 Å². The van der Waals surface area contributed by atoms with Crippen LogP contribution in [0.2, 0.25) is 0 Å². The molecule has 118 valence electrons. The SMILES string of the molecule is Cc1cccc(-n2cc(Oc3cccc(C(F)(F)F)c3)cn2)c1. The molecule has 0 saturated heterocycles. The van der Waals surface area contributed by atoms with Crippen molar-refractivity contribution >= 4 is 0 Å². The summed E-state index contributed by atoms with van der Waals surface area (Å²) in [6.45, 7) is 1.97. The van der Waals surface area contributed by atoms with Crippen LogP contribution in [0.5, 0.6) is 11.5 Å². The molecule has 0 aliphatic heterocycles. The number of ether oxygens (including phenoxy) is 1. The minimum absolute atomic E-state index is 0.114. The molecular formula is C17H13F3N2O. The predicted octanol–water partition coefficient (Wildman–Crippen LogP) is 4.99. The molecule has 6 heteroatoms. The summed E-state index contributed by atoms with van der Waals surface area (Å²) in [5, 5.41) is 4.16. The molecule has 0 aliphatic carbocycles. The second-order valence-corrected chi connectivity index (χ2v) is 5.09. The quantitative estimate of drug-likeness (QED) is 0.680. The van der Waals surface area contributed by atoms with Gasteiger partial charge in [-0.3, -0.25) is 0 Å². The van der Waals surface area contributed by atoms with E-state index in [1.165, 1.54) is 18.3 Å². The van der Waals surface area contributed by atoms with E-state index in [2.05, 4.69) is 5.10 Å². The van der Waals surface area contributed by atoms with Gasteiger partial charge in [0, 0.05) is 0 Å². The molecule has 3 aromatic rings. The van der Waals surface area contributed by atoms with Crippen LogP contribution < -0.4 is 4.74 Å². The van der Waals surface area contributed by atoms with Crippen LogP contribution >= 0.6 is 0 Å². The lowest BCUT2D eigenvalue weighted by molar-refractivity contribution is -0.137. The second kappa shape index (κ2) is 5.79. The summed E-state index contributed by atoms with van der Waals surface area (Å²) in [7, 11) is 0. The van der Waals surface area contributed by atoms with Crippen LogP contribution in [-0.2, 0) is 6.18 Å². The number of halogens is 3. The van der Waals surface area contributed by atoms with Gasteiger partial charge >= 0.3 is 6.18 Å². The van der Waals surface area contributed by atoms with Gasteiger partial charge in [0.1, 0.15) is 5.75 Å². The Morgan fingerprint density at radius 2 is 1.78 bits per heavy atom. The van der Waals surface area contributed by atoms with E-state index in [1.807, 2.05) is 31.2 Å². The maximum Gasteiger partial charge on any atom is 0.416 e. The zero-order chi connectivity index (χ0) is 16.4. The Morgan fingerprint density at radius 3 is 2.52 bits per heavy atom. The van der Waals surface area contributed by atoms with E-state index in [1.54, 1.807) is 10.9 Å². The van der Waals surface area contributed by atoms with Crippen molar-refractivity contribution < 1.29 is 17.9 Å². The molecule has 0 radical (unpaired) electrons. The molecule has 0 unspecified atom stereocenters. The fourth-order valence-corrected chi connectivity index (χ4v) is 2.14. The number of nitrogens with zero attached hydrogens (tertiary/aromatic N) is 2. The highest BCUT2D eigenvalue weighted by Crippen LogP contribution is 2.32. The summed E-state index contributed by atoms with van der Waals surface area (Å²) < 4.78 is 45.2. The Hall–Kier alpha value is -2.76. The summed E-state index contributed by atoms with van der Waals surface area (Å²) in [6, 6.07) is 12.4. The molecule has 0 aliphatic rings. The van der Waals surface area contributed by atoms with Crippen molar-refractivity contribution in [1.29, 1.82) is 0 Å². The van der Waals surface area contributed by atoms with Crippen LogP contribution in [0.25, 0.3) is 5.69 Å². The number of alkyl halides is 3. The number of rotatable bonds is 3. The molecule has 0 atom stereocenters. The van der Waals surface area contributed by atoms with Gasteiger partial charge in [-0.05, 0) is 42.8 Å². The molecule has 1 heterocycles.